The number of piperidine rings is 1. The van der Waals surface area contributed by atoms with Crippen molar-refractivity contribution in [1.29, 1.82) is 0 Å². The van der Waals surface area contributed by atoms with Crippen LogP contribution in [0.5, 0.6) is 0 Å². The highest BCUT2D eigenvalue weighted by atomic mass is 16.2. The van der Waals surface area contributed by atoms with Gasteiger partial charge in [-0.1, -0.05) is 26.7 Å². The fraction of sp³-hybridized carbons (Fsp3) is 0.913. The van der Waals surface area contributed by atoms with Crippen molar-refractivity contribution in [3.63, 3.8) is 0 Å². The molecule has 164 valence electrons. The highest BCUT2D eigenvalue weighted by Gasteiger charge is 2.40. The lowest BCUT2D eigenvalue weighted by atomic mass is 9.79. The second-order valence-electron chi connectivity index (χ2n) is 9.81. The predicted molar refractivity (Wildman–Crippen MR) is 117 cm³/mol. The van der Waals surface area contributed by atoms with Gasteiger partial charge in [0.25, 0.3) is 0 Å². The molecule has 1 heterocycles. The highest BCUT2D eigenvalue weighted by Crippen LogP contribution is 2.32. The van der Waals surface area contributed by atoms with Crippen molar-refractivity contribution in [1.82, 2.24) is 15.5 Å². The van der Waals surface area contributed by atoms with Crippen molar-refractivity contribution in [2.75, 3.05) is 13.1 Å². The molecule has 0 aromatic carbocycles. The van der Waals surface area contributed by atoms with E-state index in [1.54, 1.807) is 0 Å². The van der Waals surface area contributed by atoms with Gasteiger partial charge in [0.2, 0.25) is 11.8 Å². The molecule has 0 unspecified atom stereocenters. The topological polar surface area (TPSA) is 61.4 Å². The molecule has 0 radical (unpaired) electrons. The zero-order valence-electron chi connectivity index (χ0n) is 19.3. The van der Waals surface area contributed by atoms with Crippen LogP contribution in [-0.2, 0) is 9.59 Å². The summed E-state index contributed by atoms with van der Waals surface area (Å²) in [5.41, 5.74) is 0.0709. The molecule has 1 fully saturated rings. The molecule has 5 heteroatoms. The Morgan fingerprint density at radius 1 is 0.929 bits per heavy atom. The van der Waals surface area contributed by atoms with Crippen LogP contribution in [-0.4, -0.2) is 46.9 Å². The molecule has 2 amide bonds. The summed E-state index contributed by atoms with van der Waals surface area (Å²) in [6.45, 7) is 14.9. The smallest absolute Gasteiger partial charge is 0.222 e. The molecule has 0 aromatic heterocycles. The number of nitrogens with one attached hydrogen (secondary N) is 2. The van der Waals surface area contributed by atoms with Gasteiger partial charge in [-0.15, -0.1) is 0 Å². The van der Waals surface area contributed by atoms with Gasteiger partial charge in [-0.3, -0.25) is 9.59 Å². The monoisotopic (exact) mass is 395 g/mol. The molecule has 0 aromatic rings. The minimum atomic E-state index is 0.0355. The molecule has 28 heavy (non-hydrogen) atoms. The van der Waals surface area contributed by atoms with Crippen molar-refractivity contribution in [3.05, 3.63) is 0 Å². The van der Waals surface area contributed by atoms with E-state index in [0.717, 1.165) is 64.5 Å². The molecule has 0 aliphatic carbocycles. The van der Waals surface area contributed by atoms with Crippen molar-refractivity contribution in [3.8, 4) is 0 Å². The first-order chi connectivity index (χ1) is 13.1. The van der Waals surface area contributed by atoms with Crippen LogP contribution < -0.4 is 10.6 Å². The lowest BCUT2D eigenvalue weighted by molar-refractivity contribution is -0.135. The minimum absolute atomic E-state index is 0.0355. The van der Waals surface area contributed by atoms with Gasteiger partial charge in [-0.25, -0.2) is 0 Å². The number of unbranched alkanes of at least 4 members (excludes halogenated alkanes) is 3. The molecule has 0 saturated carbocycles. The molecule has 0 bridgehead atoms. The summed E-state index contributed by atoms with van der Waals surface area (Å²) in [4.78, 5) is 27.0. The number of carbonyl (C=O) groups excluding carboxylic acids is 2. The van der Waals surface area contributed by atoms with Crippen LogP contribution in [0.15, 0.2) is 0 Å². The third kappa shape index (κ3) is 9.40. The Bertz CT molecular complexity index is 472. The molecule has 0 atom stereocenters. The van der Waals surface area contributed by atoms with Crippen molar-refractivity contribution >= 4 is 11.8 Å². The molecule has 1 rings (SSSR count). The van der Waals surface area contributed by atoms with Crippen LogP contribution in [0.3, 0.4) is 0 Å². The quantitative estimate of drug-likeness (QED) is 0.481. The summed E-state index contributed by atoms with van der Waals surface area (Å²) in [7, 11) is 0. The van der Waals surface area contributed by atoms with Gasteiger partial charge in [0.15, 0.2) is 0 Å². The fourth-order valence-corrected chi connectivity index (χ4v) is 4.53. The lowest BCUT2D eigenvalue weighted by Gasteiger charge is -2.49. The zero-order valence-corrected chi connectivity index (χ0v) is 19.3. The predicted octanol–water partition coefficient (Wildman–Crippen LogP) is 4.40. The summed E-state index contributed by atoms with van der Waals surface area (Å²) >= 11 is 0. The van der Waals surface area contributed by atoms with E-state index in [-0.39, 0.29) is 22.9 Å². The van der Waals surface area contributed by atoms with E-state index < -0.39 is 0 Å². The Morgan fingerprint density at radius 2 is 1.50 bits per heavy atom. The first kappa shape index (κ1) is 24.9. The summed E-state index contributed by atoms with van der Waals surface area (Å²) < 4.78 is 0. The van der Waals surface area contributed by atoms with Gasteiger partial charge in [0.05, 0.1) is 0 Å². The molecular formula is C23H45N3O2. The van der Waals surface area contributed by atoms with Crippen LogP contribution in [0.1, 0.15) is 106 Å². The maximum Gasteiger partial charge on any atom is 0.222 e. The number of amides is 2. The average Bonchev–Trinajstić information content (AvgIpc) is 2.56. The van der Waals surface area contributed by atoms with Crippen molar-refractivity contribution in [2.24, 2.45) is 0 Å². The standard InChI is InChI=1S/C23H45N3O2/c1-7-9-15-24-20(27)13-11-12-14-21(28)26(16-10-8-2)19-17-22(3,4)25-23(5,6)18-19/h19,25H,7-18H2,1-6H3,(H,24,27). The maximum atomic E-state index is 13.0. The number of carbonyl (C=O) groups is 2. The van der Waals surface area contributed by atoms with Crippen LogP contribution in [0.2, 0.25) is 0 Å². The second kappa shape index (κ2) is 11.8. The third-order valence-corrected chi connectivity index (χ3v) is 5.58. The number of nitrogens with zero attached hydrogens (tertiary/aromatic N) is 1. The molecule has 2 N–H and O–H groups in total. The Kier molecular flexibility index (Phi) is 10.5. The molecular weight excluding hydrogens is 350 g/mol. The van der Waals surface area contributed by atoms with Gasteiger partial charge >= 0.3 is 0 Å². The summed E-state index contributed by atoms with van der Waals surface area (Å²) in [5, 5.41) is 6.67. The minimum Gasteiger partial charge on any atom is -0.356 e. The van der Waals surface area contributed by atoms with E-state index >= 15 is 0 Å². The molecule has 1 saturated heterocycles. The number of hydrogen-bond donors (Lipinski definition) is 2. The Morgan fingerprint density at radius 3 is 2.07 bits per heavy atom. The van der Waals surface area contributed by atoms with E-state index in [4.69, 9.17) is 0 Å². The summed E-state index contributed by atoms with van der Waals surface area (Å²) in [5.74, 6) is 0.379. The molecule has 5 nitrogen and oxygen atoms in total. The summed E-state index contributed by atoms with van der Waals surface area (Å²) in [6, 6.07) is 0.294. The van der Waals surface area contributed by atoms with Gasteiger partial charge in [-0.05, 0) is 66.2 Å². The van der Waals surface area contributed by atoms with Crippen LogP contribution >= 0.6 is 0 Å². The van der Waals surface area contributed by atoms with E-state index in [0.29, 0.717) is 18.9 Å². The average molecular weight is 396 g/mol. The van der Waals surface area contributed by atoms with Gasteiger partial charge in [-0.2, -0.15) is 0 Å². The highest BCUT2D eigenvalue weighted by molar-refractivity contribution is 5.77. The SMILES string of the molecule is CCCCNC(=O)CCCCC(=O)N(CCCC)C1CC(C)(C)NC(C)(C)C1. The lowest BCUT2D eigenvalue weighted by Crippen LogP contribution is -2.62. The van der Waals surface area contributed by atoms with Gasteiger partial charge in [0.1, 0.15) is 0 Å². The van der Waals surface area contributed by atoms with Crippen molar-refractivity contribution in [2.45, 2.75) is 123 Å². The van der Waals surface area contributed by atoms with E-state index in [9.17, 15) is 9.59 Å². The Hall–Kier alpha value is -1.10. The van der Waals surface area contributed by atoms with Gasteiger partial charge in [0, 0.05) is 43.1 Å². The molecule has 0 spiro atoms. The van der Waals surface area contributed by atoms with E-state index in [2.05, 4.69) is 57.1 Å². The van der Waals surface area contributed by atoms with Crippen LogP contribution in [0.4, 0.5) is 0 Å². The van der Waals surface area contributed by atoms with Crippen LogP contribution in [0.25, 0.3) is 0 Å². The fourth-order valence-electron chi connectivity index (χ4n) is 4.53. The normalized spacial score (nSPS) is 18.6. The second-order valence-corrected chi connectivity index (χ2v) is 9.81. The maximum absolute atomic E-state index is 13.0. The number of hydrogen-bond acceptors (Lipinski definition) is 3. The summed E-state index contributed by atoms with van der Waals surface area (Å²) in [6.07, 6.45) is 8.91. The Balaban J connectivity index is 2.55. The van der Waals surface area contributed by atoms with E-state index in [1.807, 2.05) is 0 Å². The third-order valence-electron chi connectivity index (χ3n) is 5.58. The zero-order chi connectivity index (χ0) is 21.2. The molecule has 1 aliphatic rings. The number of rotatable bonds is 12. The first-order valence-electron chi connectivity index (χ1n) is 11.5. The van der Waals surface area contributed by atoms with Crippen LogP contribution in [0, 0.1) is 0 Å². The van der Waals surface area contributed by atoms with Gasteiger partial charge < -0.3 is 15.5 Å². The van der Waals surface area contributed by atoms with E-state index in [1.165, 1.54) is 0 Å². The first-order valence-corrected chi connectivity index (χ1v) is 11.5. The molecule has 1 aliphatic heterocycles. The largest absolute Gasteiger partial charge is 0.356 e. The Labute approximate surface area is 173 Å². The van der Waals surface area contributed by atoms with Crippen molar-refractivity contribution < 1.29 is 9.59 Å².